The van der Waals surface area contributed by atoms with Crippen molar-refractivity contribution in [1.82, 2.24) is 0 Å². The highest BCUT2D eigenvalue weighted by molar-refractivity contribution is 8.24. The van der Waals surface area contributed by atoms with Crippen LogP contribution < -0.4 is 0 Å². The van der Waals surface area contributed by atoms with Crippen molar-refractivity contribution in [2.45, 2.75) is 6.32 Å². The molecule has 0 aromatic carbocycles. The summed E-state index contributed by atoms with van der Waals surface area (Å²) >= 11 is 1.91. The largest absolute Gasteiger partial charge is 0.219 e. The monoisotopic (exact) mass is 71.0 g/mol. The van der Waals surface area contributed by atoms with Crippen LogP contribution in [-0.4, -0.2) is 12.3 Å². The Labute approximate surface area is 31.1 Å². The minimum Gasteiger partial charge on any atom is -0.219 e. The first-order chi connectivity index (χ1) is 2.00. The van der Waals surface area contributed by atoms with Crippen molar-refractivity contribution < 1.29 is 0 Å². The lowest BCUT2D eigenvalue weighted by Gasteiger charge is -2.03. The molecule has 1 fully saturated rings. The van der Waals surface area contributed by atoms with Crippen LogP contribution in [0.1, 0.15) is 0 Å². The Morgan fingerprint density at radius 3 is 2.00 bits per heavy atom. The first kappa shape index (κ1) is 2.64. The highest BCUT2D eigenvalue weighted by Crippen LogP contribution is 2.12. The molecule has 1 rings (SSSR count). The fourth-order valence-corrected chi connectivity index (χ4v) is 0.354. The Hall–Kier alpha value is 0.415. The minimum absolute atomic E-state index is 1.34. The molecule has 1 heterocycles. The zero-order valence-electron chi connectivity index (χ0n) is 2.40. The normalized spacial score (nSPS) is 22.0. The Balaban J connectivity index is 2.00. The van der Waals surface area contributed by atoms with Gasteiger partial charge in [-0.05, 0) is 5.75 Å². The van der Waals surface area contributed by atoms with Gasteiger partial charge in [-0.3, -0.25) is 0 Å². The van der Waals surface area contributed by atoms with Crippen molar-refractivity contribution in [3.8, 4) is 0 Å². The Kier molecular flexibility index (Phi) is 0.675. The number of hydrogen-bond acceptors (Lipinski definition) is 1. The SMILES string of the molecule is [B]1CCS1. The van der Waals surface area contributed by atoms with E-state index < -0.39 is 0 Å². The zero-order valence-corrected chi connectivity index (χ0v) is 3.22. The highest BCUT2D eigenvalue weighted by Gasteiger charge is 1.98. The smallest absolute Gasteiger partial charge is 0.192 e. The second kappa shape index (κ2) is 1.02. The third kappa shape index (κ3) is 0.248. The molecular weight excluding hydrogens is 66.9 g/mol. The van der Waals surface area contributed by atoms with E-state index >= 15 is 0 Å². The molecule has 0 nitrogen and oxygen atoms in total. The molecule has 1 aliphatic rings. The lowest BCUT2D eigenvalue weighted by molar-refractivity contribution is 1.48. The molecule has 0 aliphatic carbocycles. The van der Waals surface area contributed by atoms with Crippen LogP contribution in [0.5, 0.6) is 0 Å². The summed E-state index contributed by atoms with van der Waals surface area (Å²) in [7, 11) is 0. The molecule has 0 N–H and O–H groups in total. The van der Waals surface area contributed by atoms with E-state index in [9.17, 15) is 0 Å². The molecule has 0 spiro atoms. The molecule has 0 atom stereocenters. The van der Waals surface area contributed by atoms with Gasteiger partial charge in [-0.25, -0.2) is 11.6 Å². The number of hydrogen-bond donors (Lipinski definition) is 0. The Morgan fingerprint density at radius 1 is 1.75 bits per heavy atom. The van der Waals surface area contributed by atoms with E-state index in [2.05, 4.69) is 6.56 Å². The summed E-state index contributed by atoms with van der Waals surface area (Å²) in [5.74, 6) is 1.36. The molecule has 0 bridgehead atoms. The van der Waals surface area contributed by atoms with Crippen LogP contribution >= 0.6 is 11.6 Å². The summed E-state index contributed by atoms with van der Waals surface area (Å²) < 4.78 is 0. The van der Waals surface area contributed by atoms with Gasteiger partial charge in [-0.15, -0.1) is 0 Å². The summed E-state index contributed by atoms with van der Waals surface area (Å²) in [4.78, 5) is 0. The zero-order chi connectivity index (χ0) is 2.83. The van der Waals surface area contributed by atoms with E-state index in [4.69, 9.17) is 0 Å². The summed E-state index contributed by atoms with van der Waals surface area (Å²) in [6, 6.07) is 0. The van der Waals surface area contributed by atoms with Gasteiger partial charge in [0.2, 0.25) is 0 Å². The summed E-state index contributed by atoms with van der Waals surface area (Å²) in [6.45, 7) is 2.22. The highest BCUT2D eigenvalue weighted by atomic mass is 32.2. The van der Waals surface area contributed by atoms with Crippen molar-refractivity contribution in [2.75, 3.05) is 5.75 Å². The maximum atomic E-state index is 2.22. The third-order valence-electron chi connectivity index (χ3n) is 0.471. The fraction of sp³-hybridized carbons (Fsp3) is 1.00. The molecule has 1 aliphatic heterocycles. The fourth-order valence-electron chi connectivity index (χ4n) is 0.118. The molecule has 0 saturated carbocycles. The standard InChI is InChI=1S/C2H4BS/c1-2-4-3-1/h1-2H2. The van der Waals surface area contributed by atoms with Crippen LogP contribution in [0.25, 0.3) is 0 Å². The molecule has 0 aromatic heterocycles. The van der Waals surface area contributed by atoms with E-state index in [0.717, 1.165) is 0 Å². The van der Waals surface area contributed by atoms with E-state index in [1.54, 1.807) is 0 Å². The van der Waals surface area contributed by atoms with Gasteiger partial charge in [-0.2, -0.15) is 0 Å². The first-order valence-electron chi connectivity index (χ1n) is 1.43. The summed E-state index contributed by atoms with van der Waals surface area (Å²) in [5.41, 5.74) is 0. The predicted molar refractivity (Wildman–Crippen MR) is 23.0 cm³/mol. The van der Waals surface area contributed by atoms with Crippen molar-refractivity contribution in [1.29, 1.82) is 0 Å². The van der Waals surface area contributed by atoms with Gasteiger partial charge >= 0.3 is 0 Å². The lowest BCUT2D eigenvalue weighted by Crippen LogP contribution is -1.97. The van der Waals surface area contributed by atoms with Crippen LogP contribution in [0.15, 0.2) is 0 Å². The van der Waals surface area contributed by atoms with Crippen LogP contribution in [0, 0.1) is 0 Å². The van der Waals surface area contributed by atoms with E-state index in [0.29, 0.717) is 0 Å². The van der Waals surface area contributed by atoms with Crippen molar-refractivity contribution in [3.63, 3.8) is 0 Å². The maximum Gasteiger partial charge on any atom is 0.192 e. The Bertz CT molecular complexity index is 14.0. The maximum absolute atomic E-state index is 2.22. The molecule has 1 radical (unpaired) electrons. The van der Waals surface area contributed by atoms with Crippen LogP contribution in [0.2, 0.25) is 6.32 Å². The van der Waals surface area contributed by atoms with Gasteiger partial charge < -0.3 is 0 Å². The second-order valence-electron chi connectivity index (χ2n) is 0.826. The molecule has 0 unspecified atom stereocenters. The molecule has 21 valence electrons. The molecular formula is C2H4BS. The average molecular weight is 70.9 g/mol. The predicted octanol–water partition coefficient (Wildman–Crippen LogP) is 0.771. The van der Waals surface area contributed by atoms with Gasteiger partial charge in [0.1, 0.15) is 0 Å². The van der Waals surface area contributed by atoms with Crippen molar-refractivity contribution in [3.05, 3.63) is 0 Å². The summed E-state index contributed by atoms with van der Waals surface area (Å²) in [5, 5.41) is 0. The minimum atomic E-state index is 1.34. The molecule has 0 aromatic rings. The summed E-state index contributed by atoms with van der Waals surface area (Å²) in [6.07, 6.45) is 1.34. The van der Waals surface area contributed by atoms with Crippen molar-refractivity contribution in [2.24, 2.45) is 0 Å². The first-order valence-corrected chi connectivity index (χ1v) is 2.48. The van der Waals surface area contributed by atoms with E-state index in [1.165, 1.54) is 12.1 Å². The quantitative estimate of drug-likeness (QED) is 0.380. The third-order valence-corrected chi connectivity index (χ3v) is 1.41. The lowest BCUT2D eigenvalue weighted by atomic mass is 10.0. The van der Waals surface area contributed by atoms with Crippen LogP contribution in [-0.2, 0) is 0 Å². The van der Waals surface area contributed by atoms with Gasteiger partial charge in [0.15, 0.2) is 6.56 Å². The van der Waals surface area contributed by atoms with Gasteiger partial charge in [0, 0.05) is 0 Å². The van der Waals surface area contributed by atoms with Gasteiger partial charge in [-0.1, -0.05) is 6.32 Å². The Morgan fingerprint density at radius 2 is 2.00 bits per heavy atom. The molecule has 2 heteroatoms. The average Bonchev–Trinajstić information content (AvgIpc) is 0.722. The topological polar surface area (TPSA) is 0 Å². The molecule has 1 saturated heterocycles. The van der Waals surface area contributed by atoms with Gasteiger partial charge in [0.05, 0.1) is 0 Å². The van der Waals surface area contributed by atoms with E-state index in [1.807, 2.05) is 11.6 Å². The van der Waals surface area contributed by atoms with Gasteiger partial charge in [0.25, 0.3) is 0 Å². The van der Waals surface area contributed by atoms with Crippen LogP contribution in [0.3, 0.4) is 0 Å². The van der Waals surface area contributed by atoms with Crippen LogP contribution in [0.4, 0.5) is 0 Å². The molecule has 0 amide bonds. The molecule has 4 heavy (non-hydrogen) atoms. The second-order valence-corrected chi connectivity index (χ2v) is 1.90. The van der Waals surface area contributed by atoms with Crippen molar-refractivity contribution >= 4 is 18.2 Å². The number of rotatable bonds is 0. The van der Waals surface area contributed by atoms with E-state index in [-0.39, 0.29) is 0 Å².